The molecule has 1 saturated carbocycles. The smallest absolute Gasteiger partial charge is 0.336 e. The van der Waals surface area contributed by atoms with Crippen molar-refractivity contribution < 1.29 is 14.3 Å². The first-order chi connectivity index (χ1) is 15.3. The highest BCUT2D eigenvalue weighted by atomic mass is 16.5. The van der Waals surface area contributed by atoms with E-state index in [0.29, 0.717) is 24.5 Å². The predicted molar refractivity (Wildman–Crippen MR) is 118 cm³/mol. The quantitative estimate of drug-likeness (QED) is 0.188. The highest BCUT2D eigenvalue weighted by Gasteiger charge is 2.52. The van der Waals surface area contributed by atoms with Gasteiger partial charge < -0.3 is 20.8 Å². The summed E-state index contributed by atoms with van der Waals surface area (Å²) in [7, 11) is 0. The molecule has 5 N–H and O–H groups in total. The number of hydrogen-bond donors (Lipinski definition) is 3. The minimum atomic E-state index is -0.337. The normalized spacial score (nSPS) is 28.3. The van der Waals surface area contributed by atoms with E-state index < -0.39 is 0 Å². The topological polar surface area (TPSA) is 152 Å². The molecule has 1 saturated heterocycles. The molecular formula is C21H30N8O3. The lowest BCUT2D eigenvalue weighted by molar-refractivity contribution is -0.138. The number of ether oxygens (including phenoxy) is 1. The number of nitrogens with zero attached hydrogens (tertiary/aromatic N) is 5. The molecule has 11 heteroatoms. The van der Waals surface area contributed by atoms with E-state index in [2.05, 4.69) is 27.3 Å². The fourth-order valence-electron chi connectivity index (χ4n) is 4.76. The van der Waals surface area contributed by atoms with E-state index in [-0.39, 0.29) is 29.4 Å². The Labute approximate surface area is 186 Å². The van der Waals surface area contributed by atoms with Gasteiger partial charge in [-0.2, -0.15) is 5.10 Å². The van der Waals surface area contributed by atoms with Crippen LogP contribution in [0.3, 0.4) is 0 Å². The van der Waals surface area contributed by atoms with Crippen molar-refractivity contribution in [2.24, 2.45) is 22.2 Å². The zero-order chi connectivity index (χ0) is 22.9. The lowest BCUT2D eigenvalue weighted by atomic mass is 9.67. The predicted octanol–water partition coefficient (Wildman–Crippen LogP) is 0.531. The molecule has 0 atom stereocenters. The van der Waals surface area contributed by atoms with Gasteiger partial charge in [-0.3, -0.25) is 9.78 Å². The number of nitrogens with one attached hydrogen (secondary N) is 1. The van der Waals surface area contributed by atoms with Gasteiger partial charge in [0.2, 0.25) is 5.91 Å². The number of esters is 1. The number of hydrazine groups is 1. The number of anilines is 1. The molecule has 0 radical (unpaired) electrons. The molecule has 3 heterocycles. The van der Waals surface area contributed by atoms with Crippen molar-refractivity contribution in [1.82, 2.24) is 20.2 Å². The molecule has 1 spiro atoms. The van der Waals surface area contributed by atoms with Gasteiger partial charge in [-0.15, -0.1) is 0 Å². The van der Waals surface area contributed by atoms with Crippen molar-refractivity contribution >= 4 is 24.0 Å². The Bertz CT molecular complexity index is 950. The zero-order valence-corrected chi connectivity index (χ0v) is 18.5. The van der Waals surface area contributed by atoms with Crippen LogP contribution in [0.4, 0.5) is 5.82 Å². The van der Waals surface area contributed by atoms with E-state index in [4.69, 9.17) is 16.4 Å². The lowest BCUT2D eigenvalue weighted by Crippen LogP contribution is -2.49. The van der Waals surface area contributed by atoms with Crippen LogP contribution in [0.25, 0.3) is 0 Å². The fourth-order valence-corrected chi connectivity index (χ4v) is 4.76. The second-order valence-electron chi connectivity index (χ2n) is 9.09. The van der Waals surface area contributed by atoms with Crippen LogP contribution in [0.5, 0.6) is 0 Å². The Morgan fingerprint density at radius 2 is 2.00 bits per heavy atom. The number of likely N-dealkylation sites (tertiary alicyclic amines) is 1. The fraction of sp³-hybridized carbons (Fsp3) is 0.571. The summed E-state index contributed by atoms with van der Waals surface area (Å²) in [6.07, 6.45) is 8.71. The molecule has 0 bridgehead atoms. The van der Waals surface area contributed by atoms with Crippen molar-refractivity contribution in [2.45, 2.75) is 58.0 Å². The molecule has 0 unspecified atom stereocenters. The second kappa shape index (κ2) is 8.47. The van der Waals surface area contributed by atoms with E-state index in [9.17, 15) is 9.59 Å². The minimum absolute atomic E-state index is 0.0902. The van der Waals surface area contributed by atoms with Crippen LogP contribution in [0, 0.1) is 5.41 Å². The first kappa shape index (κ1) is 22.2. The highest BCUT2D eigenvalue weighted by molar-refractivity contribution is 5.94. The SMILES string of the molecule is CC1=C(N2CCC3(CCC(C)(NCc4cnc(N(N)/C=N\N)cn4)CC3)C2=O)COC1=O. The summed E-state index contributed by atoms with van der Waals surface area (Å²) >= 11 is 0. The van der Waals surface area contributed by atoms with Crippen LogP contribution in [0.15, 0.2) is 28.8 Å². The Kier molecular flexibility index (Phi) is 5.87. The number of carbonyl (C=O) groups excluding carboxylic acids is 2. The summed E-state index contributed by atoms with van der Waals surface area (Å²) in [6.45, 7) is 5.34. The molecule has 2 fully saturated rings. The van der Waals surface area contributed by atoms with Gasteiger partial charge in [-0.05, 0) is 46.0 Å². The van der Waals surface area contributed by atoms with Gasteiger partial charge in [0.15, 0.2) is 5.82 Å². The van der Waals surface area contributed by atoms with E-state index in [0.717, 1.165) is 43.5 Å². The van der Waals surface area contributed by atoms with Crippen molar-refractivity contribution in [1.29, 1.82) is 0 Å². The molecular weight excluding hydrogens is 412 g/mol. The number of carbonyl (C=O) groups is 2. The van der Waals surface area contributed by atoms with Crippen LogP contribution >= 0.6 is 0 Å². The zero-order valence-electron chi connectivity index (χ0n) is 18.5. The van der Waals surface area contributed by atoms with Crippen LogP contribution in [-0.4, -0.2) is 51.8 Å². The summed E-state index contributed by atoms with van der Waals surface area (Å²) in [4.78, 5) is 35.5. The number of rotatable bonds is 6. The van der Waals surface area contributed by atoms with E-state index >= 15 is 0 Å². The average molecular weight is 443 g/mol. The maximum Gasteiger partial charge on any atom is 0.336 e. The number of cyclic esters (lactones) is 1. The third-order valence-corrected chi connectivity index (χ3v) is 7.07. The third kappa shape index (κ3) is 4.05. The van der Waals surface area contributed by atoms with Crippen molar-refractivity contribution in [3.05, 3.63) is 29.4 Å². The molecule has 1 aliphatic carbocycles. The molecule has 32 heavy (non-hydrogen) atoms. The first-order valence-electron chi connectivity index (χ1n) is 10.8. The molecule has 1 amide bonds. The van der Waals surface area contributed by atoms with E-state index in [1.54, 1.807) is 24.2 Å². The Morgan fingerprint density at radius 3 is 2.59 bits per heavy atom. The second-order valence-corrected chi connectivity index (χ2v) is 9.09. The molecule has 1 aromatic heterocycles. The van der Waals surface area contributed by atoms with Crippen molar-refractivity contribution in [3.63, 3.8) is 0 Å². The van der Waals surface area contributed by atoms with Crippen molar-refractivity contribution in [2.75, 3.05) is 18.2 Å². The Balaban J connectivity index is 1.34. The number of hydrazone groups is 1. The van der Waals surface area contributed by atoms with Gasteiger partial charge in [-0.1, -0.05) is 0 Å². The third-order valence-electron chi connectivity index (χ3n) is 7.07. The van der Waals surface area contributed by atoms with Crippen LogP contribution in [-0.2, 0) is 20.9 Å². The molecule has 4 rings (SSSR count). The largest absolute Gasteiger partial charge is 0.456 e. The number of nitrogens with two attached hydrogens (primary N) is 2. The van der Waals surface area contributed by atoms with Gasteiger partial charge in [-0.25, -0.2) is 20.6 Å². The summed E-state index contributed by atoms with van der Waals surface area (Å²) in [5.74, 6) is 11.1. The average Bonchev–Trinajstić information content (AvgIpc) is 3.29. The standard InChI is InChI=1S/C21H30N8O3/c1-14-16(12-32-18(14)30)28-8-7-21(19(28)31)5-3-20(2,4-6-21)26-10-15-9-25-17(11-24-15)29(23)13-27-22/h9,11,13,26H,3-8,10,12,22-23H2,1-2H3/b27-13-. The molecule has 2 aliphatic heterocycles. The van der Waals surface area contributed by atoms with E-state index in [1.165, 1.54) is 11.3 Å². The summed E-state index contributed by atoms with van der Waals surface area (Å²) in [5.41, 5.74) is 1.66. The van der Waals surface area contributed by atoms with Crippen molar-refractivity contribution in [3.8, 4) is 0 Å². The van der Waals surface area contributed by atoms with E-state index in [1.807, 2.05) is 0 Å². The number of amides is 1. The maximum absolute atomic E-state index is 13.3. The van der Waals surface area contributed by atoms with Crippen LogP contribution < -0.4 is 22.0 Å². The lowest BCUT2D eigenvalue weighted by Gasteiger charge is -2.42. The Morgan fingerprint density at radius 1 is 1.25 bits per heavy atom. The molecule has 3 aliphatic rings. The summed E-state index contributed by atoms with van der Waals surface area (Å²) < 4.78 is 5.10. The molecule has 1 aromatic rings. The van der Waals surface area contributed by atoms with Gasteiger partial charge in [0.1, 0.15) is 12.9 Å². The molecule has 11 nitrogen and oxygen atoms in total. The summed E-state index contributed by atoms with van der Waals surface area (Å²) in [5, 5.41) is 8.15. The Hall–Kier alpha value is -3.05. The van der Waals surface area contributed by atoms with Gasteiger partial charge in [0.25, 0.3) is 0 Å². The monoisotopic (exact) mass is 442 g/mol. The number of hydrogen-bond acceptors (Lipinski definition) is 9. The highest BCUT2D eigenvalue weighted by Crippen LogP contribution is 2.48. The molecule has 172 valence electrons. The molecule has 0 aromatic carbocycles. The van der Waals surface area contributed by atoms with Crippen LogP contribution in [0.1, 0.15) is 51.6 Å². The first-order valence-corrected chi connectivity index (χ1v) is 10.8. The van der Waals surface area contributed by atoms with Gasteiger partial charge >= 0.3 is 5.97 Å². The minimum Gasteiger partial charge on any atom is -0.456 e. The van der Waals surface area contributed by atoms with Crippen LogP contribution in [0.2, 0.25) is 0 Å². The summed E-state index contributed by atoms with van der Waals surface area (Å²) in [6, 6.07) is 0. The van der Waals surface area contributed by atoms with Gasteiger partial charge in [0, 0.05) is 18.6 Å². The van der Waals surface area contributed by atoms with Gasteiger partial charge in [0.05, 0.1) is 34.8 Å². The maximum atomic E-state index is 13.3. The number of aromatic nitrogens is 2.